The Balaban J connectivity index is 1.41. The van der Waals surface area contributed by atoms with E-state index in [1.807, 2.05) is 48.7 Å². The Labute approximate surface area is 190 Å². The maximum Gasteiger partial charge on any atom is 0.325 e. The molecule has 1 N–H and O–H groups in total. The molecule has 0 spiro atoms. The number of para-hydroxylation sites is 1. The van der Waals surface area contributed by atoms with E-state index in [1.54, 1.807) is 31.2 Å². The third kappa shape index (κ3) is 3.26. The molecule has 1 atom stereocenters. The van der Waals surface area contributed by atoms with Crippen molar-refractivity contribution in [2.24, 2.45) is 0 Å². The number of benzene rings is 2. The summed E-state index contributed by atoms with van der Waals surface area (Å²) >= 11 is 0. The molecule has 0 aliphatic carbocycles. The minimum Gasteiger partial charge on any atom is -0.454 e. The number of ketones is 1. The number of carbonyl (C=O) groups is 3. The van der Waals surface area contributed by atoms with Crippen LogP contribution in [0.25, 0.3) is 5.69 Å². The highest BCUT2D eigenvalue weighted by atomic mass is 16.7. The molecule has 0 bridgehead atoms. The molecular weight excluding hydrogens is 422 g/mol. The van der Waals surface area contributed by atoms with Crippen molar-refractivity contribution in [3.63, 3.8) is 0 Å². The third-order valence-electron chi connectivity index (χ3n) is 6.27. The molecule has 2 aliphatic rings. The van der Waals surface area contributed by atoms with Gasteiger partial charge in [-0.05, 0) is 56.7 Å². The van der Waals surface area contributed by atoms with Crippen LogP contribution >= 0.6 is 0 Å². The Morgan fingerprint density at radius 1 is 1.03 bits per heavy atom. The highest BCUT2D eigenvalue weighted by Crippen LogP contribution is 2.38. The lowest BCUT2D eigenvalue weighted by Gasteiger charge is -2.22. The first-order valence-electron chi connectivity index (χ1n) is 10.6. The highest BCUT2D eigenvalue weighted by molar-refractivity contribution is 6.11. The van der Waals surface area contributed by atoms with Gasteiger partial charge in [0.15, 0.2) is 17.3 Å². The Kier molecular flexibility index (Phi) is 4.74. The first kappa shape index (κ1) is 20.8. The topological polar surface area (TPSA) is 89.9 Å². The summed E-state index contributed by atoms with van der Waals surface area (Å²) < 4.78 is 12.7. The van der Waals surface area contributed by atoms with Gasteiger partial charge in [-0.15, -0.1) is 0 Å². The Morgan fingerprint density at radius 2 is 1.76 bits per heavy atom. The zero-order chi connectivity index (χ0) is 23.3. The number of Topliss-reactive ketones (excluding diaryl/α,β-unsaturated/α-hetero) is 1. The molecule has 2 aromatic carbocycles. The number of imide groups is 1. The van der Waals surface area contributed by atoms with Crippen LogP contribution in [0.3, 0.4) is 0 Å². The Bertz CT molecular complexity index is 1300. The van der Waals surface area contributed by atoms with Gasteiger partial charge in [-0.1, -0.05) is 24.3 Å². The second-order valence-electron chi connectivity index (χ2n) is 8.39. The average molecular weight is 445 g/mol. The molecule has 8 nitrogen and oxygen atoms in total. The molecule has 0 saturated carbocycles. The number of rotatable bonds is 5. The van der Waals surface area contributed by atoms with Crippen LogP contribution in [0.1, 0.15) is 34.2 Å². The zero-order valence-corrected chi connectivity index (χ0v) is 18.5. The number of ether oxygens (including phenoxy) is 2. The summed E-state index contributed by atoms with van der Waals surface area (Å²) in [6.07, 6.45) is 0. The van der Waals surface area contributed by atoms with Gasteiger partial charge in [-0.25, -0.2) is 4.79 Å². The van der Waals surface area contributed by atoms with E-state index in [-0.39, 0.29) is 19.1 Å². The van der Waals surface area contributed by atoms with Crippen LogP contribution in [-0.4, -0.2) is 40.5 Å². The number of amides is 3. The largest absolute Gasteiger partial charge is 0.454 e. The highest BCUT2D eigenvalue weighted by Gasteiger charge is 2.50. The maximum absolute atomic E-state index is 13.3. The molecule has 168 valence electrons. The van der Waals surface area contributed by atoms with E-state index >= 15 is 0 Å². The summed E-state index contributed by atoms with van der Waals surface area (Å²) in [6.45, 7) is 5.16. The molecule has 3 amide bonds. The second-order valence-corrected chi connectivity index (χ2v) is 8.39. The number of urea groups is 1. The number of nitrogens with zero attached hydrogens (tertiary/aromatic N) is 2. The number of aromatic nitrogens is 1. The van der Waals surface area contributed by atoms with E-state index in [2.05, 4.69) is 5.32 Å². The van der Waals surface area contributed by atoms with Gasteiger partial charge in [-0.3, -0.25) is 14.5 Å². The summed E-state index contributed by atoms with van der Waals surface area (Å²) in [4.78, 5) is 40.2. The van der Waals surface area contributed by atoms with Gasteiger partial charge >= 0.3 is 6.03 Å². The normalized spacial score (nSPS) is 19.2. The van der Waals surface area contributed by atoms with E-state index in [9.17, 15) is 14.4 Å². The molecule has 3 aromatic rings. The fourth-order valence-corrected chi connectivity index (χ4v) is 4.49. The smallest absolute Gasteiger partial charge is 0.325 e. The number of hydrogen-bond acceptors (Lipinski definition) is 5. The summed E-state index contributed by atoms with van der Waals surface area (Å²) in [6, 6.07) is 16.0. The third-order valence-corrected chi connectivity index (χ3v) is 6.27. The van der Waals surface area contributed by atoms with Crippen molar-refractivity contribution in [3.05, 3.63) is 77.1 Å². The number of fused-ring (bicyclic) bond motifs is 1. The minimum absolute atomic E-state index is 0.109. The lowest BCUT2D eigenvalue weighted by Crippen LogP contribution is -2.41. The molecule has 33 heavy (non-hydrogen) atoms. The van der Waals surface area contributed by atoms with Crippen molar-refractivity contribution in [1.82, 2.24) is 14.8 Å². The van der Waals surface area contributed by atoms with Crippen LogP contribution in [0.2, 0.25) is 0 Å². The first-order valence-corrected chi connectivity index (χ1v) is 10.6. The van der Waals surface area contributed by atoms with Gasteiger partial charge in [0.2, 0.25) is 6.79 Å². The number of carbonyl (C=O) groups excluding carboxylic acids is 3. The van der Waals surface area contributed by atoms with Gasteiger partial charge in [0, 0.05) is 22.6 Å². The summed E-state index contributed by atoms with van der Waals surface area (Å²) in [5, 5.41) is 2.74. The predicted octanol–water partition coefficient (Wildman–Crippen LogP) is 3.47. The maximum atomic E-state index is 13.3. The van der Waals surface area contributed by atoms with E-state index in [0.717, 1.165) is 22.0 Å². The lowest BCUT2D eigenvalue weighted by molar-refractivity contribution is -0.130. The number of hydrogen-bond donors (Lipinski definition) is 1. The summed E-state index contributed by atoms with van der Waals surface area (Å²) in [5.41, 5.74) is 2.32. The first-order chi connectivity index (χ1) is 15.8. The fourth-order valence-electron chi connectivity index (χ4n) is 4.49. The molecule has 1 aromatic heterocycles. The van der Waals surface area contributed by atoms with Crippen LogP contribution in [0.5, 0.6) is 11.5 Å². The Morgan fingerprint density at radius 3 is 2.52 bits per heavy atom. The second kappa shape index (κ2) is 7.51. The molecule has 1 fully saturated rings. The van der Waals surface area contributed by atoms with Crippen LogP contribution in [-0.2, 0) is 10.3 Å². The van der Waals surface area contributed by atoms with E-state index in [1.165, 1.54) is 0 Å². The van der Waals surface area contributed by atoms with Crippen molar-refractivity contribution in [2.75, 3.05) is 13.3 Å². The monoisotopic (exact) mass is 445 g/mol. The summed E-state index contributed by atoms with van der Waals surface area (Å²) in [7, 11) is 0. The van der Waals surface area contributed by atoms with Gasteiger partial charge in [0.25, 0.3) is 5.91 Å². The molecule has 3 heterocycles. The van der Waals surface area contributed by atoms with Gasteiger partial charge in [-0.2, -0.15) is 0 Å². The van der Waals surface area contributed by atoms with E-state index < -0.39 is 17.5 Å². The van der Waals surface area contributed by atoms with Crippen molar-refractivity contribution < 1.29 is 23.9 Å². The number of nitrogens with one attached hydrogen (secondary N) is 1. The minimum atomic E-state index is -1.31. The molecule has 0 radical (unpaired) electrons. The van der Waals surface area contributed by atoms with Crippen LogP contribution < -0.4 is 14.8 Å². The predicted molar refractivity (Wildman–Crippen MR) is 120 cm³/mol. The molecule has 2 aliphatic heterocycles. The van der Waals surface area contributed by atoms with Gasteiger partial charge in [0.05, 0.1) is 6.54 Å². The average Bonchev–Trinajstić information content (AvgIpc) is 3.45. The van der Waals surface area contributed by atoms with Gasteiger partial charge in [0.1, 0.15) is 5.54 Å². The molecule has 8 heteroatoms. The van der Waals surface area contributed by atoms with Crippen molar-refractivity contribution in [3.8, 4) is 17.2 Å². The van der Waals surface area contributed by atoms with E-state index in [4.69, 9.17) is 9.47 Å². The molecule has 1 saturated heterocycles. The van der Waals surface area contributed by atoms with Crippen molar-refractivity contribution >= 4 is 17.7 Å². The zero-order valence-electron chi connectivity index (χ0n) is 18.5. The van der Waals surface area contributed by atoms with Gasteiger partial charge < -0.3 is 19.4 Å². The van der Waals surface area contributed by atoms with Crippen LogP contribution in [0.15, 0.2) is 54.6 Å². The van der Waals surface area contributed by atoms with Crippen LogP contribution in [0, 0.1) is 13.8 Å². The summed E-state index contributed by atoms with van der Waals surface area (Å²) in [5.74, 6) is 0.305. The molecule has 0 unspecified atom stereocenters. The Hall–Kier alpha value is -4.07. The van der Waals surface area contributed by atoms with Crippen molar-refractivity contribution in [2.45, 2.75) is 26.3 Å². The quantitative estimate of drug-likeness (QED) is 0.480. The number of aryl methyl sites for hydroxylation is 1. The van der Waals surface area contributed by atoms with Crippen LogP contribution in [0.4, 0.5) is 4.79 Å². The standard InChI is InChI=1S/C25H23N3O5/c1-15-11-19(16(2)28(15)18-7-5-4-6-8-18)20(29)13-27-23(30)25(3,26-24(27)31)17-9-10-21-22(12-17)33-14-32-21/h4-12H,13-14H2,1-3H3,(H,26,31)/t25-/m0/s1. The fraction of sp³-hybridized carbons (Fsp3) is 0.240. The molecule has 5 rings (SSSR count). The molecular formula is C25H23N3O5. The lowest BCUT2D eigenvalue weighted by atomic mass is 9.91. The SMILES string of the molecule is Cc1cc(C(=O)CN2C(=O)N[C@@](C)(c3ccc4c(c3)OCO4)C2=O)c(C)n1-c1ccccc1. The van der Waals surface area contributed by atoms with Crippen molar-refractivity contribution in [1.29, 1.82) is 0 Å². The van der Waals surface area contributed by atoms with E-state index in [0.29, 0.717) is 22.6 Å².